The van der Waals surface area contributed by atoms with E-state index in [1.807, 2.05) is 25.1 Å². The molecule has 1 aromatic heterocycles. The Morgan fingerprint density at radius 2 is 2.06 bits per heavy atom. The van der Waals surface area contributed by atoms with E-state index < -0.39 is 0 Å². The summed E-state index contributed by atoms with van der Waals surface area (Å²) >= 11 is 1.27. The standard InChI is InChI=1S/C12H13NO2S/c1-7-4-5-10(15-3)9(6-7)11-13-8(2)12(14)16-11/h4-6,14H,1-3H3. The Kier molecular flexibility index (Phi) is 2.83. The molecule has 1 aromatic carbocycles. The molecule has 0 aliphatic heterocycles. The number of nitrogens with zero attached hydrogens (tertiary/aromatic N) is 1. The van der Waals surface area contributed by atoms with Crippen molar-refractivity contribution in [1.29, 1.82) is 0 Å². The normalized spacial score (nSPS) is 10.4. The van der Waals surface area contributed by atoms with Crippen LogP contribution in [0.1, 0.15) is 11.3 Å². The van der Waals surface area contributed by atoms with Crippen molar-refractivity contribution in [3.05, 3.63) is 29.5 Å². The predicted octanol–water partition coefficient (Wildman–Crippen LogP) is 3.14. The number of methoxy groups -OCH3 is 1. The first-order valence-electron chi connectivity index (χ1n) is 4.93. The fraction of sp³-hybridized carbons (Fsp3) is 0.250. The summed E-state index contributed by atoms with van der Waals surface area (Å²) < 4.78 is 5.29. The van der Waals surface area contributed by atoms with Gasteiger partial charge < -0.3 is 9.84 Å². The van der Waals surface area contributed by atoms with E-state index in [0.29, 0.717) is 5.69 Å². The first-order chi connectivity index (χ1) is 7.61. The van der Waals surface area contributed by atoms with Gasteiger partial charge in [0.2, 0.25) is 0 Å². The Labute approximate surface area is 98.4 Å². The number of aromatic hydroxyl groups is 1. The fourth-order valence-corrected chi connectivity index (χ4v) is 2.32. The van der Waals surface area contributed by atoms with Crippen LogP contribution < -0.4 is 4.74 Å². The zero-order chi connectivity index (χ0) is 11.7. The van der Waals surface area contributed by atoms with Gasteiger partial charge in [0, 0.05) is 0 Å². The third-order valence-electron chi connectivity index (χ3n) is 2.36. The third kappa shape index (κ3) is 1.88. The third-order valence-corrected chi connectivity index (χ3v) is 3.35. The van der Waals surface area contributed by atoms with Crippen molar-refractivity contribution in [1.82, 2.24) is 4.98 Å². The molecule has 4 heteroatoms. The van der Waals surface area contributed by atoms with Gasteiger partial charge in [-0.2, -0.15) is 0 Å². The monoisotopic (exact) mass is 235 g/mol. The lowest BCUT2D eigenvalue weighted by Gasteiger charge is -2.06. The molecule has 16 heavy (non-hydrogen) atoms. The van der Waals surface area contributed by atoms with Gasteiger partial charge in [-0.25, -0.2) is 4.98 Å². The maximum absolute atomic E-state index is 9.55. The summed E-state index contributed by atoms with van der Waals surface area (Å²) in [7, 11) is 1.63. The summed E-state index contributed by atoms with van der Waals surface area (Å²) in [6.45, 7) is 3.81. The van der Waals surface area contributed by atoms with E-state index >= 15 is 0 Å². The molecule has 2 aromatic rings. The Hall–Kier alpha value is -1.55. The molecule has 0 radical (unpaired) electrons. The van der Waals surface area contributed by atoms with Gasteiger partial charge in [-0.05, 0) is 26.0 Å². The summed E-state index contributed by atoms with van der Waals surface area (Å²) in [5.74, 6) is 0.777. The number of aromatic nitrogens is 1. The number of benzene rings is 1. The summed E-state index contributed by atoms with van der Waals surface area (Å²) in [6.07, 6.45) is 0. The topological polar surface area (TPSA) is 42.4 Å². The molecule has 0 spiro atoms. The molecule has 0 saturated heterocycles. The number of aryl methyl sites for hydroxylation is 2. The number of ether oxygens (including phenoxy) is 1. The molecule has 0 saturated carbocycles. The van der Waals surface area contributed by atoms with Crippen LogP contribution in [0, 0.1) is 13.8 Å². The van der Waals surface area contributed by atoms with Crippen molar-refractivity contribution < 1.29 is 9.84 Å². The molecule has 1 heterocycles. The van der Waals surface area contributed by atoms with Gasteiger partial charge in [0.15, 0.2) is 5.06 Å². The maximum atomic E-state index is 9.55. The fourth-order valence-electron chi connectivity index (χ4n) is 1.49. The summed E-state index contributed by atoms with van der Waals surface area (Å²) in [5, 5.41) is 10.6. The van der Waals surface area contributed by atoms with E-state index in [1.54, 1.807) is 14.0 Å². The van der Waals surface area contributed by atoms with Crippen LogP contribution in [0.2, 0.25) is 0 Å². The maximum Gasteiger partial charge on any atom is 0.195 e. The second-order valence-corrected chi connectivity index (χ2v) is 4.59. The molecular formula is C12H13NO2S. The molecule has 2 rings (SSSR count). The highest BCUT2D eigenvalue weighted by molar-refractivity contribution is 7.16. The van der Waals surface area contributed by atoms with Crippen LogP contribution in [0.3, 0.4) is 0 Å². The highest BCUT2D eigenvalue weighted by atomic mass is 32.1. The number of thiazole rings is 1. The van der Waals surface area contributed by atoms with Crippen LogP contribution in [0.25, 0.3) is 10.6 Å². The molecular weight excluding hydrogens is 222 g/mol. The van der Waals surface area contributed by atoms with E-state index in [2.05, 4.69) is 4.98 Å². The lowest BCUT2D eigenvalue weighted by atomic mass is 10.1. The summed E-state index contributed by atoms with van der Waals surface area (Å²) in [5.41, 5.74) is 2.72. The molecule has 0 fully saturated rings. The second kappa shape index (κ2) is 4.14. The average Bonchev–Trinajstić information content (AvgIpc) is 2.59. The first kappa shape index (κ1) is 11.0. The SMILES string of the molecule is COc1ccc(C)cc1-c1nc(C)c(O)s1. The van der Waals surface area contributed by atoms with Crippen molar-refractivity contribution in [2.45, 2.75) is 13.8 Å². The Bertz CT molecular complexity index is 500. The Morgan fingerprint density at radius 1 is 1.31 bits per heavy atom. The predicted molar refractivity (Wildman–Crippen MR) is 65.2 cm³/mol. The van der Waals surface area contributed by atoms with E-state index in [0.717, 1.165) is 21.9 Å². The van der Waals surface area contributed by atoms with Crippen molar-refractivity contribution in [2.24, 2.45) is 0 Å². The van der Waals surface area contributed by atoms with Gasteiger partial charge in [0.1, 0.15) is 10.8 Å². The highest BCUT2D eigenvalue weighted by Crippen LogP contribution is 2.37. The van der Waals surface area contributed by atoms with Crippen LogP contribution in [-0.4, -0.2) is 17.2 Å². The smallest absolute Gasteiger partial charge is 0.195 e. The van der Waals surface area contributed by atoms with Crippen molar-refractivity contribution in [3.8, 4) is 21.4 Å². The average molecular weight is 235 g/mol. The lowest BCUT2D eigenvalue weighted by Crippen LogP contribution is -1.88. The molecule has 84 valence electrons. The molecule has 0 unspecified atom stereocenters. The summed E-state index contributed by atoms with van der Waals surface area (Å²) in [6, 6.07) is 5.91. The molecule has 0 amide bonds. The summed E-state index contributed by atoms with van der Waals surface area (Å²) in [4.78, 5) is 4.32. The number of hydrogen-bond acceptors (Lipinski definition) is 4. The van der Waals surface area contributed by atoms with Crippen LogP contribution in [-0.2, 0) is 0 Å². The first-order valence-corrected chi connectivity index (χ1v) is 5.75. The van der Waals surface area contributed by atoms with Crippen LogP contribution in [0.15, 0.2) is 18.2 Å². The van der Waals surface area contributed by atoms with E-state index in [9.17, 15) is 5.11 Å². The van der Waals surface area contributed by atoms with E-state index in [-0.39, 0.29) is 5.06 Å². The lowest BCUT2D eigenvalue weighted by molar-refractivity contribution is 0.416. The van der Waals surface area contributed by atoms with Gasteiger partial charge in [-0.1, -0.05) is 23.0 Å². The van der Waals surface area contributed by atoms with Crippen molar-refractivity contribution in [3.63, 3.8) is 0 Å². The minimum absolute atomic E-state index is 0.263. The molecule has 3 nitrogen and oxygen atoms in total. The van der Waals surface area contributed by atoms with E-state index in [1.165, 1.54) is 11.3 Å². The zero-order valence-electron chi connectivity index (χ0n) is 9.44. The number of hydrogen-bond donors (Lipinski definition) is 1. The quantitative estimate of drug-likeness (QED) is 0.869. The van der Waals surface area contributed by atoms with Crippen LogP contribution in [0.4, 0.5) is 0 Å². The Balaban J connectivity index is 2.57. The van der Waals surface area contributed by atoms with Gasteiger partial charge in [-0.15, -0.1) is 0 Å². The zero-order valence-corrected chi connectivity index (χ0v) is 10.3. The van der Waals surface area contributed by atoms with Crippen molar-refractivity contribution in [2.75, 3.05) is 7.11 Å². The minimum atomic E-state index is 0.263. The molecule has 0 bridgehead atoms. The van der Waals surface area contributed by atoms with E-state index in [4.69, 9.17) is 4.74 Å². The van der Waals surface area contributed by atoms with Crippen LogP contribution >= 0.6 is 11.3 Å². The van der Waals surface area contributed by atoms with Crippen molar-refractivity contribution >= 4 is 11.3 Å². The van der Waals surface area contributed by atoms with Gasteiger partial charge in [-0.3, -0.25) is 0 Å². The van der Waals surface area contributed by atoms with Gasteiger partial charge in [0.05, 0.1) is 18.4 Å². The Morgan fingerprint density at radius 3 is 2.62 bits per heavy atom. The van der Waals surface area contributed by atoms with Gasteiger partial charge in [0.25, 0.3) is 0 Å². The molecule has 0 aliphatic carbocycles. The number of rotatable bonds is 2. The minimum Gasteiger partial charge on any atom is -0.498 e. The molecule has 1 N–H and O–H groups in total. The van der Waals surface area contributed by atoms with Crippen LogP contribution in [0.5, 0.6) is 10.8 Å². The highest BCUT2D eigenvalue weighted by Gasteiger charge is 2.12. The largest absolute Gasteiger partial charge is 0.498 e. The van der Waals surface area contributed by atoms with Gasteiger partial charge >= 0.3 is 0 Å². The molecule has 0 atom stereocenters. The second-order valence-electron chi connectivity index (χ2n) is 3.61. The molecule has 0 aliphatic rings.